The number of nitrogens with one attached hydrogen (secondary N) is 1. The second-order valence-electron chi connectivity index (χ2n) is 7.59. The van der Waals surface area contributed by atoms with Gasteiger partial charge >= 0.3 is 5.69 Å². The molecular weight excluding hydrogens is 448 g/mol. The highest BCUT2D eigenvalue weighted by Crippen LogP contribution is 2.37. The minimum Gasteiger partial charge on any atom is -0.504 e. The lowest BCUT2D eigenvalue weighted by atomic mass is 10.0. The summed E-state index contributed by atoms with van der Waals surface area (Å²) in [6, 6.07) is 13.0. The van der Waals surface area contributed by atoms with Gasteiger partial charge in [-0.1, -0.05) is 35.9 Å². The Kier molecular flexibility index (Phi) is 5.73. The standard InChI is InChI=1S/C23H21ClN4O5/c1-12(10-19(25)29)27-22(31)20-16(26-23(27)32)11-18(24)28(20)14-8-6-13(7-9-14)15-4-3-5-17(33-2)21(15)30/h3-9,11-12,30H,10H2,1-2H3,(H2,25,29)(H,26,32). The minimum atomic E-state index is -0.733. The van der Waals surface area contributed by atoms with Crippen molar-refractivity contribution in [1.29, 1.82) is 0 Å². The molecule has 0 saturated heterocycles. The van der Waals surface area contributed by atoms with Gasteiger partial charge in [-0.05, 0) is 36.8 Å². The van der Waals surface area contributed by atoms with Crippen LogP contribution in [0.15, 0.2) is 58.1 Å². The Morgan fingerprint density at radius 3 is 2.55 bits per heavy atom. The number of rotatable bonds is 6. The number of carbonyl (C=O) groups excluding carboxylic acids is 1. The number of aromatic amines is 1. The Hall–Kier alpha value is -3.98. The van der Waals surface area contributed by atoms with Crippen molar-refractivity contribution < 1.29 is 14.6 Å². The largest absolute Gasteiger partial charge is 0.504 e. The number of halogens is 1. The number of phenolic OH excluding ortho intramolecular Hbond substituents is 1. The monoisotopic (exact) mass is 468 g/mol. The second kappa shape index (κ2) is 8.51. The maximum atomic E-state index is 13.2. The summed E-state index contributed by atoms with van der Waals surface area (Å²) in [5.74, 6) is -0.259. The molecule has 2 aromatic heterocycles. The van der Waals surface area contributed by atoms with Crippen LogP contribution in [0.2, 0.25) is 5.15 Å². The quantitative estimate of drug-likeness (QED) is 0.400. The molecule has 33 heavy (non-hydrogen) atoms. The molecular formula is C23H21ClN4O5. The first-order chi connectivity index (χ1) is 15.7. The number of phenols is 1. The molecule has 2 heterocycles. The van der Waals surface area contributed by atoms with Crippen molar-refractivity contribution in [3.8, 4) is 28.3 Å². The van der Waals surface area contributed by atoms with Crippen LogP contribution >= 0.6 is 11.6 Å². The van der Waals surface area contributed by atoms with Gasteiger partial charge in [0.05, 0.1) is 12.6 Å². The van der Waals surface area contributed by atoms with Crippen molar-refractivity contribution in [3.05, 3.63) is 74.5 Å². The molecule has 9 nitrogen and oxygen atoms in total. The van der Waals surface area contributed by atoms with Gasteiger partial charge in [-0.25, -0.2) is 4.79 Å². The van der Waals surface area contributed by atoms with Crippen molar-refractivity contribution in [2.75, 3.05) is 7.11 Å². The number of ether oxygens (including phenoxy) is 1. The molecule has 0 spiro atoms. The number of H-pyrrole nitrogens is 1. The summed E-state index contributed by atoms with van der Waals surface area (Å²) in [5, 5.41) is 10.6. The number of benzene rings is 2. The normalized spacial score (nSPS) is 12.1. The van der Waals surface area contributed by atoms with E-state index in [9.17, 15) is 19.5 Å². The number of para-hydroxylation sites is 1. The van der Waals surface area contributed by atoms with Gasteiger partial charge in [-0.2, -0.15) is 0 Å². The smallest absolute Gasteiger partial charge is 0.329 e. The molecule has 1 atom stereocenters. The number of primary amides is 1. The van der Waals surface area contributed by atoms with E-state index in [4.69, 9.17) is 22.1 Å². The summed E-state index contributed by atoms with van der Waals surface area (Å²) < 4.78 is 7.64. The first-order valence-electron chi connectivity index (χ1n) is 10.0. The van der Waals surface area contributed by atoms with E-state index in [2.05, 4.69) is 4.98 Å². The molecule has 0 radical (unpaired) electrons. The number of nitrogens with two attached hydrogens (primary N) is 1. The van der Waals surface area contributed by atoms with Crippen molar-refractivity contribution in [1.82, 2.24) is 14.1 Å². The molecule has 0 saturated carbocycles. The van der Waals surface area contributed by atoms with Crippen LogP contribution in [0.25, 0.3) is 27.8 Å². The van der Waals surface area contributed by atoms with Gasteiger partial charge in [-0.3, -0.25) is 18.7 Å². The van der Waals surface area contributed by atoms with Gasteiger partial charge in [0.15, 0.2) is 11.5 Å². The highest BCUT2D eigenvalue weighted by Gasteiger charge is 2.20. The first kappa shape index (κ1) is 22.2. The van der Waals surface area contributed by atoms with Gasteiger partial charge in [0.25, 0.3) is 5.56 Å². The molecule has 10 heteroatoms. The highest BCUT2D eigenvalue weighted by atomic mass is 35.5. The van der Waals surface area contributed by atoms with E-state index in [0.717, 1.165) is 10.1 Å². The molecule has 0 fully saturated rings. The summed E-state index contributed by atoms with van der Waals surface area (Å²) >= 11 is 6.43. The zero-order valence-electron chi connectivity index (χ0n) is 17.8. The Balaban J connectivity index is 1.85. The van der Waals surface area contributed by atoms with Crippen LogP contribution in [0.4, 0.5) is 0 Å². The molecule has 0 aliphatic carbocycles. The lowest BCUT2D eigenvalue weighted by Crippen LogP contribution is -2.38. The van der Waals surface area contributed by atoms with Gasteiger partial charge in [-0.15, -0.1) is 0 Å². The average molecular weight is 469 g/mol. The number of aromatic nitrogens is 3. The molecule has 1 unspecified atom stereocenters. The van der Waals surface area contributed by atoms with Crippen LogP contribution in [0, 0.1) is 0 Å². The molecule has 2 aromatic carbocycles. The Labute approximate surface area is 192 Å². The molecule has 4 rings (SSSR count). The number of methoxy groups -OCH3 is 1. The summed E-state index contributed by atoms with van der Waals surface area (Å²) in [7, 11) is 1.47. The topological polar surface area (TPSA) is 132 Å². The fourth-order valence-electron chi connectivity index (χ4n) is 3.91. The molecule has 4 N–H and O–H groups in total. The molecule has 4 aromatic rings. The molecule has 0 bridgehead atoms. The summed E-state index contributed by atoms with van der Waals surface area (Å²) in [5.41, 5.74) is 6.30. The summed E-state index contributed by atoms with van der Waals surface area (Å²) in [4.78, 5) is 39.7. The summed E-state index contributed by atoms with van der Waals surface area (Å²) in [6.45, 7) is 1.57. The van der Waals surface area contributed by atoms with E-state index >= 15 is 0 Å². The SMILES string of the molecule is COc1cccc(-c2ccc(-n3c(Cl)cc4[nH]c(=O)n(C(C)CC(N)=O)c(=O)c43)cc2)c1O. The molecule has 0 aliphatic rings. The van der Waals surface area contributed by atoms with E-state index in [1.165, 1.54) is 17.7 Å². The maximum absolute atomic E-state index is 13.2. The minimum absolute atomic E-state index is 0.0149. The van der Waals surface area contributed by atoms with Crippen LogP contribution in [0.3, 0.4) is 0 Å². The summed E-state index contributed by atoms with van der Waals surface area (Å²) in [6.07, 6.45) is -0.165. The van der Waals surface area contributed by atoms with Gasteiger partial charge in [0.1, 0.15) is 10.7 Å². The van der Waals surface area contributed by atoms with E-state index in [1.54, 1.807) is 49.4 Å². The number of hydrogen-bond acceptors (Lipinski definition) is 5. The number of carbonyl (C=O) groups is 1. The van der Waals surface area contributed by atoms with Gasteiger partial charge < -0.3 is 20.6 Å². The fourth-order valence-corrected chi connectivity index (χ4v) is 4.20. The number of amides is 1. The Bertz CT molecular complexity index is 1480. The Morgan fingerprint density at radius 1 is 1.21 bits per heavy atom. The van der Waals surface area contributed by atoms with E-state index < -0.39 is 23.2 Å². The predicted molar refractivity (Wildman–Crippen MR) is 125 cm³/mol. The number of aromatic hydroxyl groups is 1. The van der Waals surface area contributed by atoms with E-state index in [0.29, 0.717) is 17.0 Å². The molecule has 0 aliphatic heterocycles. The lowest BCUT2D eigenvalue weighted by molar-refractivity contribution is -0.118. The number of fused-ring (bicyclic) bond motifs is 1. The van der Waals surface area contributed by atoms with Crippen LogP contribution in [-0.2, 0) is 4.79 Å². The highest BCUT2D eigenvalue weighted by molar-refractivity contribution is 6.31. The zero-order valence-corrected chi connectivity index (χ0v) is 18.6. The van der Waals surface area contributed by atoms with Crippen LogP contribution < -0.4 is 21.7 Å². The third-order valence-corrected chi connectivity index (χ3v) is 5.71. The van der Waals surface area contributed by atoms with Crippen molar-refractivity contribution >= 4 is 28.5 Å². The van der Waals surface area contributed by atoms with Crippen LogP contribution in [-0.4, -0.2) is 32.2 Å². The van der Waals surface area contributed by atoms with Gasteiger partial charge in [0, 0.05) is 23.7 Å². The lowest BCUT2D eigenvalue weighted by Gasteiger charge is -2.14. The van der Waals surface area contributed by atoms with Crippen molar-refractivity contribution in [3.63, 3.8) is 0 Å². The molecule has 170 valence electrons. The van der Waals surface area contributed by atoms with E-state index in [1.807, 2.05) is 0 Å². The average Bonchev–Trinajstić information content (AvgIpc) is 3.09. The Morgan fingerprint density at radius 2 is 1.91 bits per heavy atom. The second-order valence-corrected chi connectivity index (χ2v) is 7.98. The number of nitrogens with zero attached hydrogens (tertiary/aromatic N) is 2. The fraction of sp³-hybridized carbons (Fsp3) is 0.174. The third kappa shape index (κ3) is 3.87. The van der Waals surface area contributed by atoms with Crippen LogP contribution in [0.5, 0.6) is 11.5 Å². The molecule has 1 amide bonds. The van der Waals surface area contributed by atoms with Crippen molar-refractivity contribution in [2.45, 2.75) is 19.4 Å². The van der Waals surface area contributed by atoms with E-state index in [-0.39, 0.29) is 28.4 Å². The zero-order chi connectivity index (χ0) is 23.9. The van der Waals surface area contributed by atoms with Crippen molar-refractivity contribution in [2.24, 2.45) is 5.73 Å². The van der Waals surface area contributed by atoms with Gasteiger partial charge in [0.2, 0.25) is 5.91 Å². The number of hydrogen-bond donors (Lipinski definition) is 3. The first-order valence-corrected chi connectivity index (χ1v) is 10.4. The maximum Gasteiger partial charge on any atom is 0.329 e. The van der Waals surface area contributed by atoms with Crippen LogP contribution in [0.1, 0.15) is 19.4 Å². The third-order valence-electron chi connectivity index (χ3n) is 5.43. The predicted octanol–water partition coefficient (Wildman–Crippen LogP) is 2.95.